The number of fused-ring (bicyclic) bond motifs is 1. The summed E-state index contributed by atoms with van der Waals surface area (Å²) in [7, 11) is 0. The molecule has 0 unspecified atom stereocenters. The molecule has 3 aliphatic heterocycles. The van der Waals surface area contributed by atoms with Gasteiger partial charge in [-0.15, -0.1) is 0 Å². The SMILES string of the molecule is CC(=O)N1CCC[C@@]2(C)[C@@H]1CCCN2C(=O)c1cc(C)nc(N2CCOCC2)n1. The lowest BCUT2D eigenvalue weighted by Crippen LogP contribution is -2.68. The second-order valence-electron chi connectivity index (χ2n) is 8.58. The summed E-state index contributed by atoms with van der Waals surface area (Å²) >= 11 is 0. The number of ether oxygens (including phenoxy) is 1. The maximum absolute atomic E-state index is 13.6. The van der Waals surface area contributed by atoms with E-state index in [2.05, 4.69) is 21.8 Å². The van der Waals surface area contributed by atoms with Crippen LogP contribution in [0.3, 0.4) is 0 Å². The summed E-state index contributed by atoms with van der Waals surface area (Å²) in [5.74, 6) is 0.648. The Morgan fingerprint density at radius 2 is 1.90 bits per heavy atom. The second-order valence-corrected chi connectivity index (χ2v) is 8.58. The van der Waals surface area contributed by atoms with Crippen molar-refractivity contribution < 1.29 is 14.3 Å². The predicted molar refractivity (Wildman–Crippen MR) is 109 cm³/mol. The van der Waals surface area contributed by atoms with Crippen LogP contribution in [0.15, 0.2) is 6.07 Å². The Balaban J connectivity index is 1.63. The number of aromatic nitrogens is 2. The van der Waals surface area contributed by atoms with E-state index < -0.39 is 0 Å². The number of morpholine rings is 1. The second kappa shape index (κ2) is 7.89. The highest BCUT2D eigenvalue weighted by molar-refractivity contribution is 5.93. The monoisotopic (exact) mass is 401 g/mol. The summed E-state index contributed by atoms with van der Waals surface area (Å²) in [6, 6.07) is 1.86. The van der Waals surface area contributed by atoms with Crippen molar-refractivity contribution in [3.63, 3.8) is 0 Å². The number of likely N-dealkylation sites (tertiary alicyclic amines) is 2. The zero-order chi connectivity index (χ0) is 20.6. The van der Waals surface area contributed by atoms with Gasteiger partial charge < -0.3 is 19.4 Å². The average molecular weight is 402 g/mol. The molecule has 1 aromatic rings. The van der Waals surface area contributed by atoms with E-state index in [1.807, 2.05) is 16.7 Å². The van der Waals surface area contributed by atoms with E-state index in [0.29, 0.717) is 31.4 Å². The van der Waals surface area contributed by atoms with Crippen molar-refractivity contribution in [1.29, 1.82) is 0 Å². The van der Waals surface area contributed by atoms with Gasteiger partial charge in [0.2, 0.25) is 11.9 Å². The van der Waals surface area contributed by atoms with Crippen LogP contribution in [0.1, 0.15) is 55.7 Å². The number of nitrogens with zero attached hydrogens (tertiary/aromatic N) is 5. The molecule has 29 heavy (non-hydrogen) atoms. The number of anilines is 1. The lowest BCUT2D eigenvalue weighted by Gasteiger charge is -2.56. The molecule has 2 amide bonds. The summed E-state index contributed by atoms with van der Waals surface area (Å²) in [6.07, 6.45) is 3.67. The molecule has 3 aliphatic rings. The van der Waals surface area contributed by atoms with Gasteiger partial charge in [-0.2, -0.15) is 0 Å². The zero-order valence-corrected chi connectivity index (χ0v) is 17.7. The third-order valence-electron chi connectivity index (χ3n) is 6.66. The summed E-state index contributed by atoms with van der Waals surface area (Å²) in [4.78, 5) is 41.0. The van der Waals surface area contributed by atoms with Crippen molar-refractivity contribution in [2.24, 2.45) is 0 Å². The van der Waals surface area contributed by atoms with Gasteiger partial charge in [-0.05, 0) is 45.6 Å². The Hall–Kier alpha value is -2.22. The average Bonchev–Trinajstić information content (AvgIpc) is 2.72. The number of carbonyl (C=O) groups is 2. The topological polar surface area (TPSA) is 78.9 Å². The summed E-state index contributed by atoms with van der Waals surface area (Å²) in [6.45, 7) is 9.92. The third-order valence-corrected chi connectivity index (χ3v) is 6.66. The maximum atomic E-state index is 13.6. The van der Waals surface area contributed by atoms with Gasteiger partial charge in [0.15, 0.2) is 0 Å². The van der Waals surface area contributed by atoms with E-state index in [-0.39, 0.29) is 23.4 Å². The first-order chi connectivity index (χ1) is 13.9. The van der Waals surface area contributed by atoms with Crippen molar-refractivity contribution in [2.75, 3.05) is 44.3 Å². The van der Waals surface area contributed by atoms with Gasteiger partial charge in [-0.25, -0.2) is 9.97 Å². The maximum Gasteiger partial charge on any atom is 0.273 e. The minimum Gasteiger partial charge on any atom is -0.378 e. The van der Waals surface area contributed by atoms with Gasteiger partial charge in [-0.1, -0.05) is 0 Å². The van der Waals surface area contributed by atoms with Crippen LogP contribution >= 0.6 is 0 Å². The number of aryl methyl sites for hydroxylation is 1. The van der Waals surface area contributed by atoms with E-state index in [1.165, 1.54) is 0 Å². The highest BCUT2D eigenvalue weighted by atomic mass is 16.5. The molecule has 8 nitrogen and oxygen atoms in total. The van der Waals surface area contributed by atoms with Gasteiger partial charge in [0.25, 0.3) is 5.91 Å². The van der Waals surface area contributed by atoms with Gasteiger partial charge in [0, 0.05) is 38.8 Å². The summed E-state index contributed by atoms with van der Waals surface area (Å²) < 4.78 is 5.42. The van der Waals surface area contributed by atoms with Crippen LogP contribution in [0.2, 0.25) is 0 Å². The van der Waals surface area contributed by atoms with E-state index in [9.17, 15) is 9.59 Å². The Labute approximate surface area is 172 Å². The fourth-order valence-corrected chi connectivity index (χ4v) is 5.16. The quantitative estimate of drug-likeness (QED) is 0.749. The smallest absolute Gasteiger partial charge is 0.273 e. The minimum atomic E-state index is -0.350. The minimum absolute atomic E-state index is 0.0531. The fourth-order valence-electron chi connectivity index (χ4n) is 5.16. The Morgan fingerprint density at radius 1 is 1.14 bits per heavy atom. The number of piperidine rings is 2. The van der Waals surface area contributed by atoms with Crippen molar-refractivity contribution in [1.82, 2.24) is 19.8 Å². The Morgan fingerprint density at radius 3 is 2.62 bits per heavy atom. The molecule has 8 heteroatoms. The van der Waals surface area contributed by atoms with Crippen LogP contribution in [0, 0.1) is 6.92 Å². The Bertz CT molecular complexity index is 795. The molecule has 0 aromatic carbocycles. The van der Waals surface area contributed by atoms with Crippen molar-refractivity contribution in [2.45, 2.75) is 58.0 Å². The van der Waals surface area contributed by atoms with Crippen LogP contribution in [0.5, 0.6) is 0 Å². The van der Waals surface area contributed by atoms with E-state index >= 15 is 0 Å². The summed E-state index contributed by atoms with van der Waals surface area (Å²) in [5, 5.41) is 0. The van der Waals surface area contributed by atoms with Crippen molar-refractivity contribution in [3.8, 4) is 0 Å². The van der Waals surface area contributed by atoms with Crippen LogP contribution in [-0.2, 0) is 9.53 Å². The molecule has 0 spiro atoms. The highest BCUT2D eigenvalue weighted by Gasteiger charge is 2.50. The molecule has 0 saturated carbocycles. The molecule has 158 valence electrons. The molecule has 3 fully saturated rings. The fraction of sp³-hybridized carbons (Fsp3) is 0.714. The van der Waals surface area contributed by atoms with Crippen molar-refractivity contribution in [3.05, 3.63) is 17.5 Å². The van der Waals surface area contributed by atoms with Gasteiger partial charge >= 0.3 is 0 Å². The van der Waals surface area contributed by atoms with Gasteiger partial charge in [0.05, 0.1) is 24.8 Å². The van der Waals surface area contributed by atoms with Crippen LogP contribution < -0.4 is 4.90 Å². The molecule has 0 bridgehead atoms. The van der Waals surface area contributed by atoms with E-state index in [1.54, 1.807) is 13.0 Å². The normalized spacial score (nSPS) is 27.6. The first-order valence-electron chi connectivity index (χ1n) is 10.7. The number of hydrogen-bond acceptors (Lipinski definition) is 6. The van der Waals surface area contributed by atoms with Crippen LogP contribution in [0.25, 0.3) is 0 Å². The molecule has 1 aromatic heterocycles. The number of hydrogen-bond donors (Lipinski definition) is 0. The standard InChI is InChI=1S/C21H31N5O3/c1-15-14-17(23-20(22-15)24-10-12-29-13-11-24)19(28)26-9-4-6-18-21(26,3)7-5-8-25(18)16(2)27/h14,18H,4-13H2,1-3H3/t18-,21-/m0/s1. The van der Waals surface area contributed by atoms with Crippen LogP contribution in [-0.4, -0.2) is 82.6 Å². The number of amides is 2. The molecular weight excluding hydrogens is 370 g/mol. The molecule has 3 saturated heterocycles. The first-order valence-corrected chi connectivity index (χ1v) is 10.7. The zero-order valence-electron chi connectivity index (χ0n) is 17.7. The largest absolute Gasteiger partial charge is 0.378 e. The predicted octanol–water partition coefficient (Wildman–Crippen LogP) is 1.63. The number of carbonyl (C=O) groups excluding carboxylic acids is 2. The summed E-state index contributed by atoms with van der Waals surface area (Å²) in [5.41, 5.74) is 0.885. The lowest BCUT2D eigenvalue weighted by molar-refractivity contribution is -0.140. The molecular formula is C21H31N5O3. The van der Waals surface area contributed by atoms with E-state index in [4.69, 9.17) is 4.74 Å². The molecule has 0 aliphatic carbocycles. The first kappa shape index (κ1) is 20.1. The van der Waals surface area contributed by atoms with Gasteiger partial charge in [0.1, 0.15) is 5.69 Å². The van der Waals surface area contributed by atoms with Gasteiger partial charge in [-0.3, -0.25) is 9.59 Å². The molecule has 4 heterocycles. The number of rotatable bonds is 2. The van der Waals surface area contributed by atoms with Crippen LogP contribution in [0.4, 0.5) is 5.95 Å². The van der Waals surface area contributed by atoms with E-state index in [0.717, 1.165) is 51.0 Å². The molecule has 0 radical (unpaired) electrons. The molecule has 2 atom stereocenters. The molecule has 4 rings (SSSR count). The van der Waals surface area contributed by atoms with Crippen molar-refractivity contribution >= 4 is 17.8 Å². The third kappa shape index (κ3) is 3.70. The highest BCUT2D eigenvalue weighted by Crippen LogP contribution is 2.39. The molecule has 0 N–H and O–H groups in total. The lowest BCUT2D eigenvalue weighted by atomic mass is 9.76. The Kier molecular flexibility index (Phi) is 5.46.